The van der Waals surface area contributed by atoms with Crippen LogP contribution in [0.5, 0.6) is 0 Å². The average Bonchev–Trinajstić information content (AvgIpc) is 2.22. The molecule has 0 rings (SSSR count). The van der Waals surface area contributed by atoms with Crippen molar-refractivity contribution in [3.05, 3.63) is 0 Å². The Labute approximate surface area is 94.0 Å². The Morgan fingerprint density at radius 3 is 2.67 bits per heavy atom. The molecule has 15 heavy (non-hydrogen) atoms. The van der Waals surface area contributed by atoms with Crippen LogP contribution in [0.1, 0.15) is 33.1 Å². The molecule has 88 valence electrons. The van der Waals surface area contributed by atoms with Gasteiger partial charge in [0, 0.05) is 33.2 Å². The third-order valence-corrected chi connectivity index (χ3v) is 2.50. The summed E-state index contributed by atoms with van der Waals surface area (Å²) in [5.74, 6) is 0.713. The van der Waals surface area contributed by atoms with Crippen molar-refractivity contribution < 1.29 is 4.74 Å². The molecule has 3 nitrogen and oxygen atoms in total. The molecule has 0 heterocycles. The lowest BCUT2D eigenvalue weighted by atomic mass is 10.1. The zero-order valence-electron chi connectivity index (χ0n) is 10.3. The van der Waals surface area contributed by atoms with Crippen LogP contribution in [0.2, 0.25) is 0 Å². The summed E-state index contributed by atoms with van der Waals surface area (Å²) >= 11 is 0. The van der Waals surface area contributed by atoms with E-state index in [-0.39, 0.29) is 0 Å². The molecule has 0 aliphatic carbocycles. The van der Waals surface area contributed by atoms with Crippen molar-refractivity contribution in [2.45, 2.75) is 33.1 Å². The van der Waals surface area contributed by atoms with Crippen molar-refractivity contribution in [2.75, 3.05) is 33.4 Å². The lowest BCUT2D eigenvalue weighted by Gasteiger charge is -2.24. The SMILES string of the molecule is CCCC(C)CN(CCC#N)CCOC. The van der Waals surface area contributed by atoms with E-state index in [1.165, 1.54) is 12.8 Å². The van der Waals surface area contributed by atoms with Gasteiger partial charge in [0.05, 0.1) is 12.7 Å². The van der Waals surface area contributed by atoms with Crippen LogP contribution < -0.4 is 0 Å². The van der Waals surface area contributed by atoms with Gasteiger partial charge < -0.3 is 4.74 Å². The normalized spacial score (nSPS) is 12.7. The van der Waals surface area contributed by atoms with Gasteiger partial charge in [-0.25, -0.2) is 0 Å². The third-order valence-electron chi connectivity index (χ3n) is 2.50. The lowest BCUT2D eigenvalue weighted by Crippen LogP contribution is -2.32. The molecular weight excluding hydrogens is 188 g/mol. The molecule has 0 N–H and O–H groups in total. The van der Waals surface area contributed by atoms with Gasteiger partial charge in [-0.05, 0) is 12.3 Å². The minimum absolute atomic E-state index is 0.614. The molecule has 0 saturated heterocycles. The van der Waals surface area contributed by atoms with Gasteiger partial charge >= 0.3 is 0 Å². The molecule has 1 atom stereocenters. The van der Waals surface area contributed by atoms with Crippen LogP contribution in [0, 0.1) is 17.2 Å². The summed E-state index contributed by atoms with van der Waals surface area (Å²) in [6, 6.07) is 2.20. The number of nitrogens with zero attached hydrogens (tertiary/aromatic N) is 2. The molecule has 0 aromatic carbocycles. The standard InChI is InChI=1S/C12H24N2O/c1-4-6-12(2)11-14(8-5-7-13)9-10-15-3/h12H,4-6,8-11H2,1-3H3. The second-order valence-corrected chi connectivity index (χ2v) is 4.10. The summed E-state index contributed by atoms with van der Waals surface area (Å²) in [5.41, 5.74) is 0. The van der Waals surface area contributed by atoms with Gasteiger partial charge in [0.25, 0.3) is 0 Å². The summed E-state index contributed by atoms with van der Waals surface area (Å²) in [6.45, 7) is 8.13. The van der Waals surface area contributed by atoms with Crippen molar-refractivity contribution in [3.63, 3.8) is 0 Å². The second kappa shape index (κ2) is 9.95. The fourth-order valence-corrected chi connectivity index (χ4v) is 1.75. The van der Waals surface area contributed by atoms with Crippen LogP contribution in [-0.2, 0) is 4.74 Å². The van der Waals surface area contributed by atoms with Crippen LogP contribution in [0.4, 0.5) is 0 Å². The predicted molar refractivity (Wildman–Crippen MR) is 62.6 cm³/mol. The summed E-state index contributed by atoms with van der Waals surface area (Å²) in [4.78, 5) is 2.33. The first-order valence-corrected chi connectivity index (χ1v) is 5.82. The summed E-state index contributed by atoms with van der Waals surface area (Å²) in [6.07, 6.45) is 3.11. The fraction of sp³-hybridized carbons (Fsp3) is 0.917. The van der Waals surface area contributed by atoms with E-state index in [1.807, 2.05) is 0 Å². The molecule has 0 spiro atoms. The number of methoxy groups -OCH3 is 1. The van der Waals surface area contributed by atoms with E-state index in [0.717, 1.165) is 26.2 Å². The first-order valence-electron chi connectivity index (χ1n) is 5.82. The predicted octanol–water partition coefficient (Wildman–Crippen LogP) is 2.28. The van der Waals surface area contributed by atoms with Crippen LogP contribution in [0.3, 0.4) is 0 Å². The molecule has 0 aliphatic rings. The maximum atomic E-state index is 8.57. The molecule has 0 radical (unpaired) electrons. The Bertz CT molecular complexity index is 177. The number of hydrogen-bond acceptors (Lipinski definition) is 3. The highest BCUT2D eigenvalue weighted by atomic mass is 16.5. The summed E-state index contributed by atoms with van der Waals surface area (Å²) in [5, 5.41) is 8.57. The van der Waals surface area contributed by atoms with E-state index in [1.54, 1.807) is 7.11 Å². The molecule has 0 aromatic rings. The van der Waals surface area contributed by atoms with Gasteiger partial charge in [0.15, 0.2) is 0 Å². The van der Waals surface area contributed by atoms with E-state index >= 15 is 0 Å². The number of rotatable bonds is 9. The Kier molecular flexibility index (Phi) is 9.55. The molecule has 1 unspecified atom stereocenters. The lowest BCUT2D eigenvalue weighted by molar-refractivity contribution is 0.138. The van der Waals surface area contributed by atoms with Gasteiger partial charge in [0.2, 0.25) is 0 Å². The number of hydrogen-bond donors (Lipinski definition) is 0. The highest BCUT2D eigenvalue weighted by molar-refractivity contribution is 4.73. The Morgan fingerprint density at radius 2 is 2.13 bits per heavy atom. The summed E-state index contributed by atoms with van der Waals surface area (Å²) < 4.78 is 5.07. The Hall–Kier alpha value is -0.590. The second-order valence-electron chi connectivity index (χ2n) is 4.10. The first kappa shape index (κ1) is 14.4. The van der Waals surface area contributed by atoms with Crippen molar-refractivity contribution in [2.24, 2.45) is 5.92 Å². The highest BCUT2D eigenvalue weighted by Crippen LogP contribution is 2.07. The smallest absolute Gasteiger partial charge is 0.0635 e. The number of nitriles is 1. The van der Waals surface area contributed by atoms with Gasteiger partial charge in [-0.2, -0.15) is 5.26 Å². The maximum Gasteiger partial charge on any atom is 0.0635 e. The zero-order valence-corrected chi connectivity index (χ0v) is 10.3. The largest absolute Gasteiger partial charge is 0.383 e. The maximum absolute atomic E-state index is 8.57. The zero-order chi connectivity index (χ0) is 11.5. The van der Waals surface area contributed by atoms with Crippen LogP contribution >= 0.6 is 0 Å². The van der Waals surface area contributed by atoms with Crippen molar-refractivity contribution in [1.82, 2.24) is 4.90 Å². The molecule has 0 amide bonds. The fourth-order valence-electron chi connectivity index (χ4n) is 1.75. The minimum atomic E-state index is 0.614. The van der Waals surface area contributed by atoms with Gasteiger partial charge in [-0.1, -0.05) is 20.3 Å². The molecule has 0 bridgehead atoms. The van der Waals surface area contributed by atoms with Crippen molar-refractivity contribution in [3.8, 4) is 6.07 Å². The quantitative estimate of drug-likeness (QED) is 0.588. The van der Waals surface area contributed by atoms with Gasteiger partial charge in [-0.3, -0.25) is 4.90 Å². The van der Waals surface area contributed by atoms with E-state index in [9.17, 15) is 0 Å². The molecule has 0 saturated carbocycles. The summed E-state index contributed by atoms with van der Waals surface area (Å²) in [7, 11) is 1.72. The average molecular weight is 212 g/mol. The number of ether oxygens (including phenoxy) is 1. The molecule has 0 fully saturated rings. The van der Waals surface area contributed by atoms with Crippen LogP contribution in [0.25, 0.3) is 0 Å². The Morgan fingerprint density at radius 1 is 1.40 bits per heavy atom. The van der Waals surface area contributed by atoms with E-state index in [2.05, 4.69) is 24.8 Å². The monoisotopic (exact) mass is 212 g/mol. The van der Waals surface area contributed by atoms with Crippen LogP contribution in [-0.4, -0.2) is 38.3 Å². The van der Waals surface area contributed by atoms with Crippen LogP contribution in [0.15, 0.2) is 0 Å². The molecular formula is C12H24N2O. The third kappa shape index (κ3) is 8.41. The highest BCUT2D eigenvalue weighted by Gasteiger charge is 2.08. The molecule has 3 heteroatoms. The van der Waals surface area contributed by atoms with E-state index in [4.69, 9.17) is 10.00 Å². The van der Waals surface area contributed by atoms with Crippen molar-refractivity contribution >= 4 is 0 Å². The molecule has 0 aromatic heterocycles. The first-order chi connectivity index (χ1) is 7.24. The minimum Gasteiger partial charge on any atom is -0.383 e. The van der Waals surface area contributed by atoms with Crippen molar-refractivity contribution in [1.29, 1.82) is 5.26 Å². The van der Waals surface area contributed by atoms with Gasteiger partial charge in [0.1, 0.15) is 0 Å². The Balaban J connectivity index is 3.82. The molecule has 0 aliphatic heterocycles. The van der Waals surface area contributed by atoms with E-state index in [0.29, 0.717) is 12.3 Å². The van der Waals surface area contributed by atoms with Gasteiger partial charge in [-0.15, -0.1) is 0 Å². The topological polar surface area (TPSA) is 36.3 Å². The van der Waals surface area contributed by atoms with E-state index < -0.39 is 0 Å².